The Balaban J connectivity index is 1.92. The summed E-state index contributed by atoms with van der Waals surface area (Å²) in [5.74, 6) is -0.952. The number of nitrogens with zero attached hydrogens (tertiary/aromatic N) is 1. The quantitative estimate of drug-likeness (QED) is 0.354. The van der Waals surface area contributed by atoms with Crippen LogP contribution in [0.4, 0.5) is 17.1 Å². The average molecular weight is 357 g/mol. The highest BCUT2D eigenvalue weighted by atomic mass is 16.6. The van der Waals surface area contributed by atoms with Crippen molar-refractivity contribution in [3.8, 4) is 0 Å². The van der Waals surface area contributed by atoms with Crippen LogP contribution in [0.3, 0.4) is 0 Å². The van der Waals surface area contributed by atoms with Gasteiger partial charge in [0.2, 0.25) is 0 Å². The lowest BCUT2D eigenvalue weighted by atomic mass is 10.0. The number of nitrogens with one attached hydrogen (secondary N) is 1. The zero-order valence-electron chi connectivity index (χ0n) is 14.4. The van der Waals surface area contributed by atoms with Crippen molar-refractivity contribution in [1.82, 2.24) is 0 Å². The number of rotatable bonds is 6. The number of benzene rings is 2. The van der Waals surface area contributed by atoms with Crippen LogP contribution >= 0.6 is 0 Å². The molecule has 0 aromatic heterocycles. The third-order valence-electron chi connectivity index (χ3n) is 3.66. The van der Waals surface area contributed by atoms with Crippen LogP contribution in [0.15, 0.2) is 42.5 Å². The normalized spacial score (nSPS) is 10.4. The van der Waals surface area contributed by atoms with Crippen LogP contribution < -0.4 is 11.1 Å². The number of carbonyl (C=O) groups excluding carboxylic acids is 2. The zero-order valence-corrected chi connectivity index (χ0v) is 14.4. The van der Waals surface area contributed by atoms with Crippen LogP contribution in [-0.4, -0.2) is 23.4 Å². The summed E-state index contributed by atoms with van der Waals surface area (Å²) in [6, 6.07) is 10.7. The fourth-order valence-corrected chi connectivity index (χ4v) is 2.21. The lowest BCUT2D eigenvalue weighted by molar-refractivity contribution is -0.384. The number of esters is 1. The van der Waals surface area contributed by atoms with Gasteiger partial charge in [-0.2, -0.15) is 0 Å². The van der Waals surface area contributed by atoms with Crippen molar-refractivity contribution in [3.63, 3.8) is 0 Å². The average Bonchev–Trinajstić information content (AvgIpc) is 2.60. The van der Waals surface area contributed by atoms with Gasteiger partial charge in [-0.25, -0.2) is 4.79 Å². The number of non-ortho nitro benzene ring substituents is 1. The Morgan fingerprint density at radius 2 is 1.85 bits per heavy atom. The van der Waals surface area contributed by atoms with Gasteiger partial charge in [0.05, 0.1) is 16.2 Å². The maximum absolute atomic E-state index is 12.0. The molecule has 0 aliphatic carbocycles. The van der Waals surface area contributed by atoms with Gasteiger partial charge in [0, 0.05) is 17.8 Å². The number of carbonyl (C=O) groups is 2. The molecule has 0 bridgehead atoms. The molecule has 0 unspecified atom stereocenters. The van der Waals surface area contributed by atoms with E-state index in [1.54, 1.807) is 12.1 Å². The smallest absolute Gasteiger partial charge is 0.340 e. The fourth-order valence-electron chi connectivity index (χ4n) is 2.21. The van der Waals surface area contributed by atoms with Gasteiger partial charge in [-0.3, -0.25) is 14.9 Å². The van der Waals surface area contributed by atoms with Crippen molar-refractivity contribution in [2.45, 2.75) is 19.8 Å². The second-order valence-corrected chi connectivity index (χ2v) is 5.93. The Morgan fingerprint density at radius 3 is 2.38 bits per heavy atom. The van der Waals surface area contributed by atoms with E-state index in [1.165, 1.54) is 6.07 Å². The number of anilines is 2. The predicted molar refractivity (Wildman–Crippen MR) is 97.0 cm³/mol. The molecule has 0 saturated carbocycles. The van der Waals surface area contributed by atoms with Gasteiger partial charge >= 0.3 is 5.97 Å². The monoisotopic (exact) mass is 357 g/mol. The van der Waals surface area contributed by atoms with E-state index in [9.17, 15) is 19.7 Å². The molecule has 8 nitrogen and oxygen atoms in total. The Hall–Kier alpha value is -3.42. The minimum atomic E-state index is -0.831. The van der Waals surface area contributed by atoms with Gasteiger partial charge in [0.15, 0.2) is 6.61 Å². The standard InChI is InChI=1S/C18H19N3O5/c1-11(2)12-3-5-13(6-4-12)20-17(22)10-26-18(23)15-8-7-14(21(24)25)9-16(15)19/h3-9,11H,10,19H2,1-2H3,(H,20,22). The van der Waals surface area contributed by atoms with Crippen LogP contribution in [-0.2, 0) is 9.53 Å². The van der Waals surface area contributed by atoms with Crippen molar-refractivity contribution in [3.05, 3.63) is 63.7 Å². The van der Waals surface area contributed by atoms with E-state index in [2.05, 4.69) is 19.2 Å². The number of hydrogen-bond acceptors (Lipinski definition) is 6. The van der Waals surface area contributed by atoms with Crippen LogP contribution in [0, 0.1) is 10.1 Å². The molecule has 0 saturated heterocycles. The number of nitrogens with two attached hydrogens (primary N) is 1. The molecule has 0 atom stereocenters. The summed E-state index contributed by atoms with van der Waals surface area (Å²) in [6.45, 7) is 3.63. The molecule has 26 heavy (non-hydrogen) atoms. The molecule has 0 spiro atoms. The van der Waals surface area contributed by atoms with Gasteiger partial charge < -0.3 is 15.8 Å². The van der Waals surface area contributed by atoms with Gasteiger partial charge in [0.1, 0.15) is 0 Å². The second-order valence-electron chi connectivity index (χ2n) is 5.93. The Morgan fingerprint density at radius 1 is 1.19 bits per heavy atom. The van der Waals surface area contributed by atoms with E-state index >= 15 is 0 Å². The minimum Gasteiger partial charge on any atom is -0.452 e. The molecular weight excluding hydrogens is 338 g/mol. The fraction of sp³-hybridized carbons (Fsp3) is 0.222. The molecule has 0 heterocycles. The molecule has 2 rings (SSSR count). The molecule has 2 aromatic carbocycles. The van der Waals surface area contributed by atoms with E-state index in [-0.39, 0.29) is 16.9 Å². The largest absolute Gasteiger partial charge is 0.452 e. The van der Waals surface area contributed by atoms with Crippen molar-refractivity contribution >= 4 is 28.9 Å². The van der Waals surface area contributed by atoms with Crippen molar-refractivity contribution < 1.29 is 19.2 Å². The van der Waals surface area contributed by atoms with Crippen LogP contribution in [0.25, 0.3) is 0 Å². The molecule has 136 valence electrons. The van der Waals surface area contributed by atoms with E-state index in [1.807, 2.05) is 12.1 Å². The summed E-state index contributed by atoms with van der Waals surface area (Å²) >= 11 is 0. The molecule has 0 aliphatic heterocycles. The number of nitro groups is 1. The summed E-state index contributed by atoms with van der Waals surface area (Å²) in [5.41, 5.74) is 6.99. The zero-order chi connectivity index (χ0) is 19.3. The third-order valence-corrected chi connectivity index (χ3v) is 3.66. The molecule has 3 N–H and O–H groups in total. The molecule has 0 radical (unpaired) electrons. The number of ether oxygens (including phenoxy) is 1. The highest BCUT2D eigenvalue weighted by Gasteiger charge is 2.16. The van der Waals surface area contributed by atoms with Crippen molar-refractivity contribution in [2.75, 3.05) is 17.7 Å². The van der Waals surface area contributed by atoms with Gasteiger partial charge in [-0.15, -0.1) is 0 Å². The first-order chi connectivity index (χ1) is 12.3. The van der Waals surface area contributed by atoms with Crippen molar-refractivity contribution in [1.29, 1.82) is 0 Å². The minimum absolute atomic E-state index is 0.0373. The summed E-state index contributed by atoms with van der Waals surface area (Å²) in [4.78, 5) is 33.9. The van der Waals surface area contributed by atoms with Gasteiger partial charge in [0.25, 0.3) is 11.6 Å². The Bertz CT molecular complexity index is 831. The van der Waals surface area contributed by atoms with Crippen LogP contribution in [0.1, 0.15) is 35.7 Å². The van der Waals surface area contributed by atoms with Crippen LogP contribution in [0.5, 0.6) is 0 Å². The third kappa shape index (κ3) is 4.79. The highest BCUT2D eigenvalue weighted by molar-refractivity contribution is 5.98. The molecule has 1 amide bonds. The summed E-state index contributed by atoms with van der Waals surface area (Å²) < 4.78 is 4.90. The second kappa shape index (κ2) is 8.11. The van der Waals surface area contributed by atoms with Gasteiger partial charge in [-0.05, 0) is 29.7 Å². The first kappa shape index (κ1) is 18.9. The van der Waals surface area contributed by atoms with E-state index in [0.29, 0.717) is 11.6 Å². The Kier molecular flexibility index (Phi) is 5.90. The Labute approximate surface area is 150 Å². The van der Waals surface area contributed by atoms with Crippen molar-refractivity contribution in [2.24, 2.45) is 0 Å². The number of hydrogen-bond donors (Lipinski definition) is 2. The first-order valence-electron chi connectivity index (χ1n) is 7.88. The number of nitro benzene ring substituents is 1. The topological polar surface area (TPSA) is 125 Å². The lowest BCUT2D eigenvalue weighted by Gasteiger charge is -2.09. The van der Waals surface area contributed by atoms with E-state index < -0.39 is 23.4 Å². The SMILES string of the molecule is CC(C)c1ccc(NC(=O)COC(=O)c2ccc([N+](=O)[O-])cc2N)cc1. The summed E-state index contributed by atoms with van der Waals surface area (Å²) in [7, 11) is 0. The summed E-state index contributed by atoms with van der Waals surface area (Å²) in [6.07, 6.45) is 0. The molecule has 2 aromatic rings. The maximum Gasteiger partial charge on any atom is 0.340 e. The van der Waals surface area contributed by atoms with Gasteiger partial charge in [-0.1, -0.05) is 26.0 Å². The maximum atomic E-state index is 12.0. The first-order valence-corrected chi connectivity index (χ1v) is 7.88. The molecular formula is C18H19N3O5. The summed E-state index contributed by atoms with van der Waals surface area (Å²) in [5, 5.41) is 13.3. The number of nitrogen functional groups attached to an aromatic ring is 1. The molecule has 0 fully saturated rings. The highest BCUT2D eigenvalue weighted by Crippen LogP contribution is 2.20. The predicted octanol–water partition coefficient (Wildman–Crippen LogP) is 3.10. The molecule has 0 aliphatic rings. The van der Waals surface area contributed by atoms with E-state index in [4.69, 9.17) is 10.5 Å². The van der Waals surface area contributed by atoms with Crippen LogP contribution in [0.2, 0.25) is 0 Å². The number of amides is 1. The van der Waals surface area contributed by atoms with E-state index in [0.717, 1.165) is 17.7 Å². The lowest BCUT2D eigenvalue weighted by Crippen LogP contribution is -2.21. The molecule has 8 heteroatoms.